The Kier molecular flexibility index (Phi) is 6.40. The summed E-state index contributed by atoms with van der Waals surface area (Å²) in [5.41, 5.74) is 8.37. The van der Waals surface area contributed by atoms with E-state index >= 15 is 0 Å². The van der Waals surface area contributed by atoms with E-state index in [9.17, 15) is 4.79 Å². The number of nitrogens with one attached hydrogen (secondary N) is 1. The molecule has 3 aromatic carbocycles. The van der Waals surface area contributed by atoms with Gasteiger partial charge in [-0.3, -0.25) is 4.79 Å². The number of hydrogen-bond acceptors (Lipinski definition) is 1. The molecular formula is C38H43N2O+. The summed E-state index contributed by atoms with van der Waals surface area (Å²) in [6, 6.07) is 29.2. The van der Waals surface area contributed by atoms with E-state index in [2.05, 4.69) is 83.4 Å². The third kappa shape index (κ3) is 4.67. The van der Waals surface area contributed by atoms with Crippen molar-refractivity contribution in [2.24, 2.45) is 17.8 Å². The molecule has 4 bridgehead atoms. The SMILES string of the molecule is O=C1CCCc2c1n(CC[NH+](Cc1ccccc1)Cc1ccccc1)c1ccc(C34CC5CC(CC(C5)C3)C4)cc21. The number of aromatic nitrogens is 1. The standard InChI is InChI=1S/C38H42N2O/c41-36-13-7-12-33-34-21-32(38-22-29-18-30(23-38)20-31(19-29)24-38)14-15-35(34)40(37(33)36)17-16-39(25-27-8-3-1-4-9-27)26-28-10-5-2-6-11-28/h1-6,8-11,14-15,21,29-31H,7,12-13,16-20,22-26H2/p+1. The number of quaternary nitrogens is 1. The Hall–Kier alpha value is -3.17. The van der Waals surface area contributed by atoms with Gasteiger partial charge < -0.3 is 9.47 Å². The molecule has 5 aliphatic carbocycles. The highest BCUT2D eigenvalue weighted by Crippen LogP contribution is 2.61. The number of nitrogens with zero attached hydrogens (tertiary/aromatic N) is 1. The van der Waals surface area contributed by atoms with Crippen molar-refractivity contribution >= 4 is 16.7 Å². The maximum atomic E-state index is 13.5. The number of ketones is 1. The Balaban J connectivity index is 1.13. The number of Topliss-reactive ketones (excluding diaryl/α,β-unsaturated/α-hetero) is 1. The second kappa shape index (κ2) is 10.3. The molecule has 0 unspecified atom stereocenters. The Morgan fingerprint density at radius 1 is 0.756 bits per heavy atom. The van der Waals surface area contributed by atoms with Crippen molar-refractivity contribution in [3.63, 3.8) is 0 Å². The third-order valence-electron chi connectivity index (χ3n) is 11.2. The Morgan fingerprint density at radius 3 is 1.98 bits per heavy atom. The van der Waals surface area contributed by atoms with Gasteiger partial charge in [-0.15, -0.1) is 0 Å². The molecule has 0 radical (unpaired) electrons. The first-order valence-electron chi connectivity index (χ1n) is 16.2. The molecule has 41 heavy (non-hydrogen) atoms. The van der Waals surface area contributed by atoms with Crippen LogP contribution in [0.1, 0.15) is 84.1 Å². The van der Waals surface area contributed by atoms with Crippen LogP contribution in [0.15, 0.2) is 78.9 Å². The fraction of sp³-hybridized carbons (Fsp3) is 0.447. The van der Waals surface area contributed by atoms with Crippen molar-refractivity contribution < 1.29 is 9.69 Å². The van der Waals surface area contributed by atoms with Crippen molar-refractivity contribution in [1.82, 2.24) is 4.57 Å². The molecule has 210 valence electrons. The molecule has 0 spiro atoms. The van der Waals surface area contributed by atoms with Crippen LogP contribution < -0.4 is 4.90 Å². The van der Waals surface area contributed by atoms with Gasteiger partial charge in [0.1, 0.15) is 13.1 Å². The largest absolute Gasteiger partial charge is 0.332 e. The molecule has 0 amide bonds. The molecule has 0 atom stereocenters. The summed E-state index contributed by atoms with van der Waals surface area (Å²) in [6.07, 6.45) is 11.3. The predicted octanol–water partition coefficient (Wildman–Crippen LogP) is 6.91. The van der Waals surface area contributed by atoms with Crippen molar-refractivity contribution in [2.75, 3.05) is 6.54 Å². The van der Waals surface area contributed by atoms with Gasteiger partial charge in [0.2, 0.25) is 0 Å². The summed E-state index contributed by atoms with van der Waals surface area (Å²) in [5, 5.41) is 1.38. The maximum absolute atomic E-state index is 13.5. The zero-order valence-electron chi connectivity index (χ0n) is 24.3. The highest BCUT2D eigenvalue weighted by molar-refractivity contribution is 6.04. The van der Waals surface area contributed by atoms with Gasteiger partial charge in [-0.25, -0.2) is 0 Å². The smallest absolute Gasteiger partial charge is 0.179 e. The topological polar surface area (TPSA) is 26.4 Å². The van der Waals surface area contributed by atoms with E-state index in [1.807, 2.05) is 0 Å². The van der Waals surface area contributed by atoms with Crippen LogP contribution in [-0.4, -0.2) is 16.9 Å². The first-order chi connectivity index (χ1) is 20.1. The number of aryl methyl sites for hydroxylation is 1. The molecule has 4 aromatic rings. The lowest BCUT2D eigenvalue weighted by molar-refractivity contribution is -0.928. The molecule has 9 rings (SSSR count). The second-order valence-corrected chi connectivity index (χ2v) is 14.0. The zero-order valence-corrected chi connectivity index (χ0v) is 24.3. The number of hydrogen-bond donors (Lipinski definition) is 1. The lowest BCUT2D eigenvalue weighted by atomic mass is 9.48. The van der Waals surface area contributed by atoms with Crippen LogP contribution in [0.5, 0.6) is 0 Å². The van der Waals surface area contributed by atoms with Crippen LogP contribution in [0.2, 0.25) is 0 Å². The molecular weight excluding hydrogens is 500 g/mol. The van der Waals surface area contributed by atoms with Crippen LogP contribution in [0.4, 0.5) is 0 Å². The average molecular weight is 544 g/mol. The van der Waals surface area contributed by atoms with Gasteiger partial charge in [-0.05, 0) is 97.8 Å². The van der Waals surface area contributed by atoms with E-state index < -0.39 is 0 Å². The van der Waals surface area contributed by atoms with Crippen molar-refractivity contribution in [3.8, 4) is 0 Å². The van der Waals surface area contributed by atoms with E-state index in [1.54, 1.807) is 5.56 Å². The van der Waals surface area contributed by atoms with Gasteiger partial charge in [0, 0.05) is 28.5 Å². The summed E-state index contributed by atoms with van der Waals surface area (Å²) in [7, 11) is 0. The third-order valence-corrected chi connectivity index (χ3v) is 11.2. The molecule has 1 N–H and O–H groups in total. The first kappa shape index (κ1) is 25.5. The van der Waals surface area contributed by atoms with Gasteiger partial charge in [0.05, 0.1) is 18.8 Å². The fourth-order valence-electron chi connectivity index (χ4n) is 9.84. The van der Waals surface area contributed by atoms with Gasteiger partial charge >= 0.3 is 0 Å². The van der Waals surface area contributed by atoms with Crippen LogP contribution in [0, 0.1) is 17.8 Å². The van der Waals surface area contributed by atoms with Gasteiger partial charge in [-0.2, -0.15) is 0 Å². The predicted molar refractivity (Wildman–Crippen MR) is 165 cm³/mol. The molecule has 1 aromatic heterocycles. The van der Waals surface area contributed by atoms with Gasteiger partial charge in [-0.1, -0.05) is 66.7 Å². The van der Waals surface area contributed by atoms with Crippen LogP contribution in [0.25, 0.3) is 10.9 Å². The minimum atomic E-state index is 0.353. The molecule has 3 heteroatoms. The van der Waals surface area contributed by atoms with E-state index in [4.69, 9.17) is 0 Å². The minimum absolute atomic E-state index is 0.353. The number of fused-ring (bicyclic) bond motifs is 3. The second-order valence-electron chi connectivity index (χ2n) is 14.0. The van der Waals surface area contributed by atoms with E-state index in [0.29, 0.717) is 17.6 Å². The number of benzene rings is 3. The van der Waals surface area contributed by atoms with Crippen LogP contribution in [-0.2, 0) is 31.5 Å². The zero-order chi connectivity index (χ0) is 27.4. The molecule has 4 saturated carbocycles. The average Bonchev–Trinajstić information content (AvgIpc) is 3.30. The molecule has 4 fully saturated rings. The summed E-state index contributed by atoms with van der Waals surface area (Å²) in [5.74, 6) is 3.19. The van der Waals surface area contributed by atoms with Crippen molar-refractivity contribution in [3.05, 3.63) is 107 Å². The normalized spacial score (nSPS) is 26.7. The molecule has 0 saturated heterocycles. The number of carbonyl (C=O) groups is 1. The van der Waals surface area contributed by atoms with Crippen molar-refractivity contribution in [2.45, 2.75) is 82.8 Å². The van der Waals surface area contributed by atoms with E-state index in [-0.39, 0.29) is 0 Å². The summed E-state index contributed by atoms with van der Waals surface area (Å²) in [6.45, 7) is 3.84. The van der Waals surface area contributed by atoms with Crippen molar-refractivity contribution in [1.29, 1.82) is 0 Å². The molecule has 5 aliphatic rings. The van der Waals surface area contributed by atoms with Crippen LogP contribution >= 0.6 is 0 Å². The summed E-state index contributed by atoms with van der Waals surface area (Å²) >= 11 is 0. The first-order valence-corrected chi connectivity index (χ1v) is 16.2. The molecule has 0 aliphatic heterocycles. The van der Waals surface area contributed by atoms with E-state index in [0.717, 1.165) is 62.5 Å². The summed E-state index contributed by atoms with van der Waals surface area (Å²) < 4.78 is 2.42. The lowest BCUT2D eigenvalue weighted by Crippen LogP contribution is -3.09. The molecule has 3 nitrogen and oxygen atoms in total. The Morgan fingerprint density at radius 2 is 1.37 bits per heavy atom. The lowest BCUT2D eigenvalue weighted by Gasteiger charge is -2.57. The Bertz CT molecular complexity index is 1490. The highest BCUT2D eigenvalue weighted by atomic mass is 16.1. The van der Waals surface area contributed by atoms with Gasteiger partial charge in [0.15, 0.2) is 5.78 Å². The quantitative estimate of drug-likeness (QED) is 0.257. The Labute approximate surface area is 244 Å². The fourth-order valence-corrected chi connectivity index (χ4v) is 9.84. The number of carbonyl (C=O) groups excluding carboxylic acids is 1. The maximum Gasteiger partial charge on any atom is 0.179 e. The summed E-state index contributed by atoms with van der Waals surface area (Å²) in [4.78, 5) is 15.0. The van der Waals surface area contributed by atoms with E-state index in [1.165, 1.54) is 71.0 Å². The van der Waals surface area contributed by atoms with Gasteiger partial charge in [0.25, 0.3) is 0 Å². The monoisotopic (exact) mass is 543 g/mol. The number of rotatable bonds is 8. The van der Waals surface area contributed by atoms with Crippen LogP contribution in [0.3, 0.4) is 0 Å². The minimum Gasteiger partial charge on any atom is -0.332 e. The molecule has 1 heterocycles. The highest BCUT2D eigenvalue weighted by Gasteiger charge is 2.51.